The van der Waals surface area contributed by atoms with Crippen LogP contribution < -0.4 is 44.7 Å². The Morgan fingerprint density at radius 2 is 1.94 bits per heavy atom. The molecule has 2 rings (SSSR count). The van der Waals surface area contributed by atoms with Crippen LogP contribution in [0.5, 0.6) is 5.75 Å². The first-order chi connectivity index (χ1) is 14.0. The van der Waals surface area contributed by atoms with Gasteiger partial charge < -0.3 is 45.1 Å². The summed E-state index contributed by atoms with van der Waals surface area (Å²) in [5.41, 5.74) is -0.292. The number of ether oxygens (including phenoxy) is 2. The van der Waals surface area contributed by atoms with E-state index in [9.17, 15) is 40.1 Å². The van der Waals surface area contributed by atoms with Crippen LogP contribution in [0.2, 0.25) is 0 Å². The van der Waals surface area contributed by atoms with Crippen LogP contribution >= 0.6 is 0 Å². The number of amides is 1. The van der Waals surface area contributed by atoms with Crippen LogP contribution in [0.15, 0.2) is 24.3 Å². The quantitative estimate of drug-likeness (QED) is 0.142. The van der Waals surface area contributed by atoms with Crippen LogP contribution in [0, 0.1) is 10.1 Å². The number of benzene rings is 1. The van der Waals surface area contributed by atoms with Crippen molar-refractivity contribution in [1.29, 1.82) is 0 Å². The molecule has 0 spiro atoms. The topological polar surface area (TPSA) is 212 Å². The van der Waals surface area contributed by atoms with Gasteiger partial charge >= 0.3 is 29.6 Å². The normalized spacial score (nSPS) is 27.3. The Labute approximate surface area is 198 Å². The Bertz CT molecular complexity index is 793. The number of carboxylic acid groups (broad SMARTS) is 1. The molecule has 5 N–H and O–H groups in total. The Morgan fingerprint density at radius 3 is 2.39 bits per heavy atom. The maximum atomic E-state index is 11.9. The van der Waals surface area contributed by atoms with Gasteiger partial charge in [-0.25, -0.2) is 0 Å². The van der Waals surface area contributed by atoms with E-state index in [2.05, 4.69) is 5.32 Å². The molecule has 0 saturated carbocycles. The van der Waals surface area contributed by atoms with E-state index in [1.54, 1.807) is 0 Å². The molecule has 1 fully saturated rings. The molecule has 1 aromatic carbocycles. The van der Waals surface area contributed by atoms with Gasteiger partial charge in [0.2, 0.25) is 5.91 Å². The molecule has 0 radical (unpaired) electrons. The third-order valence-electron chi connectivity index (χ3n) is 4.50. The SMILES string of the molecule is CC(=O)N[C@@H]1C(O)C[C@](Oc2ccc([N+](=O)[O-])cc2)(C(=O)[O-])OC1[C@H](O)[C@H](O)CO.[Na+]. The third-order valence-corrected chi connectivity index (χ3v) is 4.50. The number of hydrogen-bond donors (Lipinski definition) is 5. The molecule has 166 valence electrons. The van der Waals surface area contributed by atoms with Crippen LogP contribution in [0.25, 0.3) is 0 Å². The summed E-state index contributed by atoms with van der Waals surface area (Å²) < 4.78 is 10.7. The minimum atomic E-state index is -2.68. The van der Waals surface area contributed by atoms with Gasteiger partial charge in [-0.1, -0.05) is 0 Å². The predicted octanol–water partition coefficient (Wildman–Crippen LogP) is -6.21. The van der Waals surface area contributed by atoms with E-state index < -0.39 is 66.1 Å². The van der Waals surface area contributed by atoms with Crippen molar-refractivity contribution in [2.24, 2.45) is 0 Å². The fourth-order valence-corrected chi connectivity index (χ4v) is 3.05. The molecule has 1 saturated heterocycles. The van der Waals surface area contributed by atoms with Crippen molar-refractivity contribution in [3.05, 3.63) is 34.4 Å². The van der Waals surface area contributed by atoms with Gasteiger partial charge in [0.25, 0.3) is 11.5 Å². The Hall–Kier alpha value is -1.84. The number of aliphatic hydroxyl groups excluding tert-OH is 4. The summed E-state index contributed by atoms with van der Waals surface area (Å²) in [4.78, 5) is 33.4. The van der Waals surface area contributed by atoms with Crippen LogP contribution in [0.4, 0.5) is 5.69 Å². The average molecular weight is 452 g/mol. The number of carboxylic acids is 1. The maximum Gasteiger partial charge on any atom is 1.00 e. The van der Waals surface area contributed by atoms with Gasteiger partial charge in [-0.2, -0.15) is 0 Å². The van der Waals surface area contributed by atoms with Crippen molar-refractivity contribution < 1.29 is 79.1 Å². The summed E-state index contributed by atoms with van der Waals surface area (Å²) in [5, 5.41) is 64.5. The van der Waals surface area contributed by atoms with Crippen molar-refractivity contribution in [1.82, 2.24) is 5.32 Å². The van der Waals surface area contributed by atoms with Gasteiger partial charge in [0, 0.05) is 25.5 Å². The summed E-state index contributed by atoms with van der Waals surface area (Å²) in [6, 6.07) is 2.91. The van der Waals surface area contributed by atoms with E-state index in [-0.39, 0.29) is 41.0 Å². The maximum absolute atomic E-state index is 11.9. The van der Waals surface area contributed by atoms with E-state index in [0.29, 0.717) is 0 Å². The molecular formula is C17H21N2NaO11. The number of nitro groups is 1. The first kappa shape index (κ1) is 27.2. The summed E-state index contributed by atoms with van der Waals surface area (Å²) in [7, 11) is 0. The van der Waals surface area contributed by atoms with Gasteiger partial charge in [-0.05, 0) is 12.1 Å². The summed E-state index contributed by atoms with van der Waals surface area (Å²) in [6.07, 6.45) is -7.84. The summed E-state index contributed by atoms with van der Waals surface area (Å²) in [6.45, 7) is 0.179. The van der Waals surface area contributed by atoms with E-state index in [4.69, 9.17) is 14.6 Å². The van der Waals surface area contributed by atoms with Crippen molar-refractivity contribution in [3.63, 3.8) is 0 Å². The molecule has 0 aromatic heterocycles. The molecule has 1 aromatic rings. The number of aliphatic carboxylic acids is 1. The standard InChI is InChI=1S/C17H22N2O11.Na/c1-8(21)18-13-11(22)6-17(16(25)26,30-15(13)14(24)12(23)7-20)29-10-4-2-9(3-5-10)19(27)28;/h2-5,11-15,20,22-24H,6-7H2,1H3,(H,18,21)(H,25,26);/q;+1/p-1/t11?,12-,13-,14-,15?,17-;/m1./s1. The molecule has 1 aliphatic rings. The van der Waals surface area contributed by atoms with Crippen LogP contribution in [-0.2, 0) is 14.3 Å². The second kappa shape index (κ2) is 11.2. The molecule has 31 heavy (non-hydrogen) atoms. The molecule has 1 aliphatic heterocycles. The zero-order valence-corrected chi connectivity index (χ0v) is 18.7. The van der Waals surface area contributed by atoms with Gasteiger partial charge in [0.05, 0.1) is 23.7 Å². The monoisotopic (exact) mass is 452 g/mol. The van der Waals surface area contributed by atoms with Crippen molar-refractivity contribution >= 4 is 17.6 Å². The van der Waals surface area contributed by atoms with E-state index in [1.807, 2.05) is 0 Å². The molecule has 1 heterocycles. The number of nitrogens with zero attached hydrogens (tertiary/aromatic N) is 1. The second-order valence-electron chi connectivity index (χ2n) is 6.71. The third kappa shape index (κ3) is 6.33. The Balaban J connectivity index is 0.00000480. The zero-order valence-electron chi connectivity index (χ0n) is 16.7. The fraction of sp³-hybridized carbons (Fsp3) is 0.529. The number of nitrogens with one attached hydrogen (secondary N) is 1. The molecule has 1 amide bonds. The number of carbonyl (C=O) groups excluding carboxylic acids is 2. The largest absolute Gasteiger partial charge is 1.00 e. The van der Waals surface area contributed by atoms with Gasteiger partial charge in [0.15, 0.2) is 0 Å². The average Bonchev–Trinajstić information content (AvgIpc) is 2.68. The molecule has 0 aliphatic carbocycles. The summed E-state index contributed by atoms with van der Waals surface area (Å²) >= 11 is 0. The van der Waals surface area contributed by atoms with E-state index >= 15 is 0 Å². The first-order valence-electron chi connectivity index (χ1n) is 8.75. The van der Waals surface area contributed by atoms with Crippen LogP contribution in [0.3, 0.4) is 0 Å². The predicted molar refractivity (Wildman–Crippen MR) is 93.7 cm³/mol. The summed E-state index contributed by atoms with van der Waals surface area (Å²) in [5.74, 6) is -5.45. The Morgan fingerprint density at radius 1 is 1.35 bits per heavy atom. The molecule has 2 unspecified atom stereocenters. The van der Waals surface area contributed by atoms with Crippen molar-refractivity contribution in [2.75, 3.05) is 6.61 Å². The smallest absolute Gasteiger partial charge is 0.543 e. The number of hydrogen-bond acceptors (Lipinski definition) is 11. The van der Waals surface area contributed by atoms with Crippen molar-refractivity contribution in [3.8, 4) is 5.75 Å². The Kier molecular flexibility index (Phi) is 9.78. The minimum Gasteiger partial charge on any atom is -0.543 e. The fourth-order valence-electron chi connectivity index (χ4n) is 3.05. The molecule has 13 nitrogen and oxygen atoms in total. The van der Waals surface area contributed by atoms with Crippen LogP contribution in [0.1, 0.15) is 13.3 Å². The number of carbonyl (C=O) groups is 2. The van der Waals surface area contributed by atoms with E-state index in [1.165, 1.54) is 0 Å². The van der Waals surface area contributed by atoms with Crippen molar-refractivity contribution in [2.45, 2.75) is 49.6 Å². The number of non-ortho nitro benzene ring substituents is 1. The molecule has 14 heteroatoms. The number of rotatable bonds is 8. The second-order valence-corrected chi connectivity index (χ2v) is 6.71. The van der Waals surface area contributed by atoms with Crippen LogP contribution in [-0.4, -0.2) is 80.1 Å². The molecule has 6 atom stereocenters. The number of aliphatic hydroxyl groups is 4. The van der Waals surface area contributed by atoms with Gasteiger partial charge in [-0.15, -0.1) is 0 Å². The van der Waals surface area contributed by atoms with E-state index in [0.717, 1.165) is 31.2 Å². The van der Waals surface area contributed by atoms with Gasteiger partial charge in [-0.3, -0.25) is 14.9 Å². The first-order valence-corrected chi connectivity index (χ1v) is 8.75. The number of nitro benzene ring substituents is 1. The minimum absolute atomic E-state index is 0. The molecular weight excluding hydrogens is 431 g/mol. The zero-order chi connectivity index (χ0) is 22.6. The molecule has 0 bridgehead atoms. The van der Waals surface area contributed by atoms with Gasteiger partial charge in [0.1, 0.15) is 30.0 Å².